The summed E-state index contributed by atoms with van der Waals surface area (Å²) in [6.45, 7) is 3.11. The van der Waals surface area contributed by atoms with Crippen LogP contribution in [0.2, 0.25) is 0 Å². The fraction of sp³-hybridized carbons (Fsp3) is 0.458. The highest BCUT2D eigenvalue weighted by Crippen LogP contribution is 2.32. The molecule has 0 saturated carbocycles. The second kappa shape index (κ2) is 11.9. The number of hydrogen-bond acceptors (Lipinski definition) is 8. The standard InChI is InChI=1S/C24H32FN3O6S/c1-2-3-13-27-17-24(30)12-14-28(22(15-24)23(29)34-26)35(31,32)21-10-8-20(9-11-21)33-16-18-4-6-19(25)7-5-18/h4-11,22,27,30H,2-3,12-17,26H2,1H3/t22-,24+/m1/s1. The highest BCUT2D eigenvalue weighted by atomic mass is 32.2. The molecule has 3 rings (SSSR count). The van der Waals surface area contributed by atoms with Gasteiger partial charge in [-0.1, -0.05) is 25.5 Å². The second-order valence-electron chi connectivity index (χ2n) is 8.66. The Labute approximate surface area is 205 Å². The molecular formula is C24H32FN3O6S. The van der Waals surface area contributed by atoms with Crippen LogP contribution in [0.1, 0.15) is 38.2 Å². The molecule has 1 heterocycles. The third-order valence-corrected chi connectivity index (χ3v) is 7.94. The molecule has 1 aliphatic rings. The Kier molecular flexibility index (Phi) is 9.20. The van der Waals surface area contributed by atoms with Crippen LogP contribution in [0.4, 0.5) is 4.39 Å². The Morgan fingerprint density at radius 3 is 2.54 bits per heavy atom. The van der Waals surface area contributed by atoms with E-state index in [1.54, 1.807) is 12.1 Å². The van der Waals surface area contributed by atoms with Crippen LogP contribution in [0.5, 0.6) is 5.75 Å². The van der Waals surface area contributed by atoms with E-state index in [0.717, 1.165) is 22.7 Å². The number of nitrogens with one attached hydrogen (secondary N) is 1. The molecule has 35 heavy (non-hydrogen) atoms. The lowest BCUT2D eigenvalue weighted by Gasteiger charge is -2.41. The number of rotatable bonds is 11. The molecule has 2 aromatic rings. The van der Waals surface area contributed by atoms with Gasteiger partial charge in [0.15, 0.2) is 0 Å². The number of piperidine rings is 1. The average Bonchev–Trinajstić information content (AvgIpc) is 2.86. The quantitative estimate of drug-likeness (QED) is 0.310. The Bertz CT molecular complexity index is 1080. The van der Waals surface area contributed by atoms with Crippen LogP contribution in [0, 0.1) is 5.82 Å². The first kappa shape index (κ1) is 27.0. The lowest BCUT2D eigenvalue weighted by atomic mass is 9.87. The number of sulfonamides is 1. The molecule has 1 saturated heterocycles. The van der Waals surface area contributed by atoms with E-state index in [0.29, 0.717) is 12.3 Å². The Balaban J connectivity index is 1.70. The number of benzene rings is 2. The van der Waals surface area contributed by atoms with Crippen LogP contribution in [0.3, 0.4) is 0 Å². The molecule has 2 aromatic carbocycles. The van der Waals surface area contributed by atoms with Gasteiger partial charge in [0.05, 0.1) is 10.5 Å². The number of carbonyl (C=O) groups is 1. The first-order chi connectivity index (χ1) is 16.7. The van der Waals surface area contributed by atoms with Crippen molar-refractivity contribution < 1.29 is 32.3 Å². The maximum atomic E-state index is 13.4. The molecule has 0 aliphatic carbocycles. The molecule has 0 aromatic heterocycles. The minimum atomic E-state index is -4.09. The molecule has 0 spiro atoms. The molecule has 0 radical (unpaired) electrons. The zero-order chi connectivity index (χ0) is 25.5. The van der Waals surface area contributed by atoms with Crippen molar-refractivity contribution in [2.75, 3.05) is 19.6 Å². The third kappa shape index (κ3) is 6.98. The van der Waals surface area contributed by atoms with Gasteiger partial charge in [-0.05, 0) is 61.3 Å². The summed E-state index contributed by atoms with van der Waals surface area (Å²) < 4.78 is 46.4. The van der Waals surface area contributed by atoms with Gasteiger partial charge in [-0.15, -0.1) is 0 Å². The van der Waals surface area contributed by atoms with Gasteiger partial charge in [-0.2, -0.15) is 10.2 Å². The van der Waals surface area contributed by atoms with Crippen LogP contribution in [0.15, 0.2) is 53.4 Å². The normalized spacial score (nSPS) is 21.0. The molecule has 1 aliphatic heterocycles. The van der Waals surface area contributed by atoms with Gasteiger partial charge < -0.3 is 20.0 Å². The molecule has 1 fully saturated rings. The molecule has 0 bridgehead atoms. The number of carbonyl (C=O) groups excluding carboxylic acids is 1. The number of ether oxygens (including phenoxy) is 1. The first-order valence-corrected chi connectivity index (χ1v) is 13.0. The minimum absolute atomic E-state index is 0.0343. The molecule has 0 amide bonds. The Morgan fingerprint density at radius 1 is 1.23 bits per heavy atom. The molecule has 2 atom stereocenters. The van der Waals surface area contributed by atoms with Gasteiger partial charge in [0.2, 0.25) is 10.0 Å². The summed E-state index contributed by atoms with van der Waals surface area (Å²) in [6, 6.07) is 10.4. The van der Waals surface area contributed by atoms with E-state index in [2.05, 4.69) is 17.1 Å². The van der Waals surface area contributed by atoms with Crippen molar-refractivity contribution in [1.82, 2.24) is 9.62 Å². The summed E-state index contributed by atoms with van der Waals surface area (Å²) in [5.41, 5.74) is -0.507. The van der Waals surface area contributed by atoms with Crippen molar-refractivity contribution in [3.05, 3.63) is 59.9 Å². The van der Waals surface area contributed by atoms with E-state index < -0.39 is 27.6 Å². The SMILES string of the molecule is CCCCNC[C@]1(O)CCN(S(=O)(=O)c2ccc(OCc3ccc(F)cc3)cc2)[C@@H](C(=O)ON)C1. The monoisotopic (exact) mass is 509 g/mol. The summed E-state index contributed by atoms with van der Waals surface area (Å²) in [5.74, 6) is 4.23. The molecule has 11 heteroatoms. The van der Waals surface area contributed by atoms with Gasteiger partial charge in [0, 0.05) is 19.5 Å². The lowest BCUT2D eigenvalue weighted by Crippen LogP contribution is -2.58. The largest absolute Gasteiger partial charge is 0.489 e. The third-order valence-electron chi connectivity index (χ3n) is 6.02. The van der Waals surface area contributed by atoms with Gasteiger partial charge in [-0.25, -0.2) is 17.6 Å². The zero-order valence-electron chi connectivity index (χ0n) is 19.7. The lowest BCUT2D eigenvalue weighted by molar-refractivity contribution is -0.153. The fourth-order valence-electron chi connectivity index (χ4n) is 3.98. The summed E-state index contributed by atoms with van der Waals surface area (Å²) in [7, 11) is -4.09. The van der Waals surface area contributed by atoms with Crippen molar-refractivity contribution in [3.63, 3.8) is 0 Å². The van der Waals surface area contributed by atoms with Crippen molar-refractivity contribution in [2.45, 2.75) is 55.8 Å². The van der Waals surface area contributed by atoms with Gasteiger partial charge >= 0.3 is 5.97 Å². The number of nitrogens with zero attached hydrogens (tertiary/aromatic N) is 1. The van der Waals surface area contributed by atoms with Gasteiger partial charge in [0.25, 0.3) is 0 Å². The number of hydrogen-bond donors (Lipinski definition) is 3. The van der Waals surface area contributed by atoms with E-state index >= 15 is 0 Å². The maximum Gasteiger partial charge on any atom is 0.343 e. The average molecular weight is 510 g/mol. The fourth-order valence-corrected chi connectivity index (χ4v) is 5.56. The molecule has 0 unspecified atom stereocenters. The maximum absolute atomic E-state index is 13.4. The van der Waals surface area contributed by atoms with Crippen LogP contribution < -0.4 is 16.0 Å². The van der Waals surface area contributed by atoms with Gasteiger partial charge in [0.1, 0.15) is 24.2 Å². The van der Waals surface area contributed by atoms with E-state index in [4.69, 9.17) is 10.6 Å². The van der Waals surface area contributed by atoms with Crippen molar-refractivity contribution in [3.8, 4) is 5.75 Å². The smallest absolute Gasteiger partial charge is 0.343 e. The van der Waals surface area contributed by atoms with E-state index in [1.807, 2.05) is 0 Å². The van der Waals surface area contributed by atoms with E-state index in [-0.39, 0.29) is 43.3 Å². The molecule has 9 nitrogen and oxygen atoms in total. The van der Waals surface area contributed by atoms with E-state index in [9.17, 15) is 22.7 Å². The zero-order valence-corrected chi connectivity index (χ0v) is 20.5. The number of nitrogens with two attached hydrogens (primary N) is 1. The van der Waals surface area contributed by atoms with Crippen molar-refractivity contribution in [2.24, 2.45) is 5.90 Å². The number of aliphatic hydroxyl groups is 1. The van der Waals surface area contributed by atoms with Crippen molar-refractivity contribution >= 4 is 16.0 Å². The van der Waals surface area contributed by atoms with Crippen LogP contribution in [0.25, 0.3) is 0 Å². The van der Waals surface area contributed by atoms with Crippen LogP contribution >= 0.6 is 0 Å². The highest BCUT2D eigenvalue weighted by Gasteiger charge is 2.47. The first-order valence-electron chi connectivity index (χ1n) is 11.5. The predicted octanol–water partition coefficient (Wildman–Crippen LogP) is 2.10. The van der Waals surface area contributed by atoms with Crippen LogP contribution in [-0.4, -0.2) is 55.1 Å². The summed E-state index contributed by atoms with van der Waals surface area (Å²) in [4.78, 5) is 16.7. The molecule has 192 valence electrons. The summed E-state index contributed by atoms with van der Waals surface area (Å²) in [6.07, 6.45) is 1.95. The van der Waals surface area contributed by atoms with E-state index in [1.165, 1.54) is 36.4 Å². The Morgan fingerprint density at radius 2 is 1.91 bits per heavy atom. The number of unbranched alkanes of at least 4 members (excludes halogenated alkanes) is 1. The topological polar surface area (TPSA) is 131 Å². The molecular weight excluding hydrogens is 477 g/mol. The number of halogens is 1. The minimum Gasteiger partial charge on any atom is -0.489 e. The van der Waals surface area contributed by atoms with Crippen molar-refractivity contribution in [1.29, 1.82) is 0 Å². The predicted molar refractivity (Wildman–Crippen MR) is 127 cm³/mol. The van der Waals surface area contributed by atoms with Crippen LogP contribution in [-0.2, 0) is 26.3 Å². The molecule has 4 N–H and O–H groups in total. The second-order valence-corrected chi connectivity index (χ2v) is 10.6. The highest BCUT2D eigenvalue weighted by molar-refractivity contribution is 7.89. The Hall–Kier alpha value is -2.57. The summed E-state index contributed by atoms with van der Waals surface area (Å²) >= 11 is 0. The van der Waals surface area contributed by atoms with Gasteiger partial charge in [-0.3, -0.25) is 0 Å². The summed E-state index contributed by atoms with van der Waals surface area (Å²) in [5, 5.41) is 14.1.